The molecular formula is C17H14BrNO2. The van der Waals surface area contributed by atoms with Gasteiger partial charge >= 0.3 is 0 Å². The lowest BCUT2D eigenvalue weighted by Crippen LogP contribution is -1.99. The number of halogens is 1. The van der Waals surface area contributed by atoms with Gasteiger partial charge in [-0.25, -0.2) is 4.98 Å². The third kappa shape index (κ3) is 3.23. The maximum atomic E-state index is 9.49. The van der Waals surface area contributed by atoms with Gasteiger partial charge in [-0.2, -0.15) is 0 Å². The first-order valence-electron chi connectivity index (χ1n) is 6.63. The van der Waals surface area contributed by atoms with Gasteiger partial charge < -0.3 is 9.84 Å². The SMILES string of the molecule is OCc1cc(OCc2cccc(Br)c2)nc2ccccc12. The number of aromatic nitrogens is 1. The first-order chi connectivity index (χ1) is 10.3. The number of nitrogens with zero attached hydrogens (tertiary/aromatic N) is 1. The molecule has 4 heteroatoms. The van der Waals surface area contributed by atoms with Crippen molar-refractivity contribution in [3.05, 3.63) is 70.2 Å². The van der Waals surface area contributed by atoms with Gasteiger partial charge in [0.2, 0.25) is 5.88 Å². The molecule has 0 saturated carbocycles. The van der Waals surface area contributed by atoms with E-state index in [-0.39, 0.29) is 6.61 Å². The summed E-state index contributed by atoms with van der Waals surface area (Å²) in [5.41, 5.74) is 2.71. The number of pyridine rings is 1. The minimum atomic E-state index is -0.0315. The van der Waals surface area contributed by atoms with Crippen molar-refractivity contribution in [1.82, 2.24) is 4.98 Å². The van der Waals surface area contributed by atoms with E-state index in [1.165, 1.54) is 0 Å². The Hall–Kier alpha value is -1.91. The highest BCUT2D eigenvalue weighted by molar-refractivity contribution is 9.10. The molecule has 1 N–H and O–H groups in total. The standard InChI is InChI=1S/C17H14BrNO2/c18-14-5-3-4-12(8-14)11-21-17-9-13(10-20)15-6-1-2-7-16(15)19-17/h1-9,20H,10-11H2. The fourth-order valence-corrected chi connectivity index (χ4v) is 2.66. The Balaban J connectivity index is 1.87. The maximum Gasteiger partial charge on any atom is 0.214 e. The van der Waals surface area contributed by atoms with Crippen LogP contribution in [0.2, 0.25) is 0 Å². The van der Waals surface area contributed by atoms with Crippen molar-refractivity contribution in [2.45, 2.75) is 13.2 Å². The summed E-state index contributed by atoms with van der Waals surface area (Å²) in [4.78, 5) is 4.48. The van der Waals surface area contributed by atoms with Gasteiger partial charge in [0.05, 0.1) is 12.1 Å². The molecule has 3 aromatic rings. The third-order valence-corrected chi connectivity index (χ3v) is 3.72. The lowest BCUT2D eigenvalue weighted by molar-refractivity contribution is 0.277. The molecule has 0 saturated heterocycles. The molecule has 0 amide bonds. The van der Waals surface area contributed by atoms with Crippen LogP contribution in [0.4, 0.5) is 0 Å². The van der Waals surface area contributed by atoms with E-state index < -0.39 is 0 Å². The van der Waals surface area contributed by atoms with Crippen molar-refractivity contribution in [3.8, 4) is 5.88 Å². The van der Waals surface area contributed by atoms with Crippen LogP contribution >= 0.6 is 15.9 Å². The normalized spacial score (nSPS) is 10.8. The number of aliphatic hydroxyl groups is 1. The molecular weight excluding hydrogens is 330 g/mol. The number of rotatable bonds is 4. The summed E-state index contributed by atoms with van der Waals surface area (Å²) in [6.45, 7) is 0.409. The van der Waals surface area contributed by atoms with Crippen molar-refractivity contribution < 1.29 is 9.84 Å². The van der Waals surface area contributed by atoms with Gasteiger partial charge in [0.1, 0.15) is 6.61 Å². The maximum absolute atomic E-state index is 9.49. The van der Waals surface area contributed by atoms with Crippen molar-refractivity contribution in [2.75, 3.05) is 0 Å². The fourth-order valence-electron chi connectivity index (χ4n) is 2.21. The molecule has 0 spiro atoms. The lowest BCUT2D eigenvalue weighted by atomic mass is 10.1. The van der Waals surface area contributed by atoms with E-state index in [1.807, 2.05) is 48.5 Å². The lowest BCUT2D eigenvalue weighted by Gasteiger charge is -2.09. The van der Waals surface area contributed by atoms with Crippen LogP contribution in [-0.2, 0) is 13.2 Å². The average molecular weight is 344 g/mol. The molecule has 0 aliphatic carbocycles. The number of para-hydroxylation sites is 1. The van der Waals surface area contributed by atoms with Gasteiger partial charge in [-0.15, -0.1) is 0 Å². The molecule has 0 unspecified atom stereocenters. The van der Waals surface area contributed by atoms with Crippen LogP contribution in [0.25, 0.3) is 10.9 Å². The van der Waals surface area contributed by atoms with Crippen LogP contribution in [0, 0.1) is 0 Å². The van der Waals surface area contributed by atoms with Gasteiger partial charge in [-0.05, 0) is 29.3 Å². The van der Waals surface area contributed by atoms with Crippen LogP contribution in [0.15, 0.2) is 59.1 Å². The summed E-state index contributed by atoms with van der Waals surface area (Å²) in [6.07, 6.45) is 0. The number of aliphatic hydroxyl groups excluding tert-OH is 1. The number of hydrogen-bond donors (Lipinski definition) is 1. The second kappa shape index (κ2) is 6.24. The monoisotopic (exact) mass is 343 g/mol. The minimum absolute atomic E-state index is 0.0315. The van der Waals surface area contributed by atoms with Gasteiger partial charge in [-0.1, -0.05) is 46.3 Å². The molecule has 0 fully saturated rings. The van der Waals surface area contributed by atoms with Crippen LogP contribution in [0.1, 0.15) is 11.1 Å². The van der Waals surface area contributed by atoms with E-state index in [9.17, 15) is 5.11 Å². The zero-order valence-corrected chi connectivity index (χ0v) is 12.9. The summed E-state index contributed by atoms with van der Waals surface area (Å²) >= 11 is 3.44. The Morgan fingerprint density at radius 1 is 1.05 bits per heavy atom. The first kappa shape index (κ1) is 14.0. The molecule has 0 bridgehead atoms. The van der Waals surface area contributed by atoms with E-state index in [4.69, 9.17) is 4.74 Å². The minimum Gasteiger partial charge on any atom is -0.473 e. The molecule has 3 nitrogen and oxygen atoms in total. The van der Waals surface area contributed by atoms with Crippen LogP contribution in [-0.4, -0.2) is 10.1 Å². The number of ether oxygens (including phenoxy) is 1. The summed E-state index contributed by atoms with van der Waals surface area (Å²) < 4.78 is 6.77. The van der Waals surface area contributed by atoms with E-state index in [2.05, 4.69) is 20.9 Å². The number of benzene rings is 2. The summed E-state index contributed by atoms with van der Waals surface area (Å²) in [6, 6.07) is 17.5. The quantitative estimate of drug-likeness (QED) is 0.776. The molecule has 0 radical (unpaired) electrons. The van der Waals surface area contributed by atoms with Crippen LogP contribution in [0.5, 0.6) is 5.88 Å². The molecule has 1 heterocycles. The highest BCUT2D eigenvalue weighted by atomic mass is 79.9. The van der Waals surface area contributed by atoms with Crippen LogP contribution < -0.4 is 4.74 Å². The molecule has 106 valence electrons. The van der Waals surface area contributed by atoms with E-state index in [0.717, 1.165) is 26.5 Å². The first-order valence-corrected chi connectivity index (χ1v) is 7.42. The van der Waals surface area contributed by atoms with Crippen LogP contribution in [0.3, 0.4) is 0 Å². The van der Waals surface area contributed by atoms with Gasteiger partial charge in [0.15, 0.2) is 0 Å². The van der Waals surface area contributed by atoms with Gasteiger partial charge in [0.25, 0.3) is 0 Å². The predicted octanol–water partition coefficient (Wildman–Crippen LogP) is 4.07. The van der Waals surface area contributed by atoms with E-state index in [0.29, 0.717) is 12.5 Å². The highest BCUT2D eigenvalue weighted by Gasteiger charge is 2.06. The van der Waals surface area contributed by atoms with Crippen molar-refractivity contribution in [1.29, 1.82) is 0 Å². The Labute approximate surface area is 131 Å². The van der Waals surface area contributed by atoms with Crippen molar-refractivity contribution in [2.24, 2.45) is 0 Å². The average Bonchev–Trinajstić information content (AvgIpc) is 2.52. The second-order valence-electron chi connectivity index (χ2n) is 4.71. The third-order valence-electron chi connectivity index (χ3n) is 3.22. The molecule has 21 heavy (non-hydrogen) atoms. The molecule has 0 aliphatic heterocycles. The Kier molecular flexibility index (Phi) is 4.18. The fraction of sp³-hybridized carbons (Fsp3) is 0.118. The van der Waals surface area contributed by atoms with Gasteiger partial charge in [0, 0.05) is 15.9 Å². The largest absolute Gasteiger partial charge is 0.473 e. The van der Waals surface area contributed by atoms with Gasteiger partial charge in [-0.3, -0.25) is 0 Å². The predicted molar refractivity (Wildman–Crippen MR) is 86.1 cm³/mol. The summed E-state index contributed by atoms with van der Waals surface area (Å²) in [5.74, 6) is 0.526. The van der Waals surface area contributed by atoms with E-state index >= 15 is 0 Å². The molecule has 0 aliphatic rings. The Morgan fingerprint density at radius 3 is 2.71 bits per heavy atom. The smallest absolute Gasteiger partial charge is 0.214 e. The highest BCUT2D eigenvalue weighted by Crippen LogP contribution is 2.23. The Morgan fingerprint density at radius 2 is 1.90 bits per heavy atom. The molecule has 1 aromatic heterocycles. The number of fused-ring (bicyclic) bond motifs is 1. The zero-order valence-electron chi connectivity index (χ0n) is 11.3. The van der Waals surface area contributed by atoms with Crippen molar-refractivity contribution in [3.63, 3.8) is 0 Å². The summed E-state index contributed by atoms with van der Waals surface area (Å²) in [7, 11) is 0. The zero-order chi connectivity index (χ0) is 14.7. The Bertz CT molecular complexity index is 774. The topological polar surface area (TPSA) is 42.4 Å². The van der Waals surface area contributed by atoms with E-state index in [1.54, 1.807) is 6.07 Å². The van der Waals surface area contributed by atoms with Crippen molar-refractivity contribution >= 4 is 26.8 Å². The number of hydrogen-bond acceptors (Lipinski definition) is 3. The second-order valence-corrected chi connectivity index (χ2v) is 5.63. The molecule has 2 aromatic carbocycles. The summed E-state index contributed by atoms with van der Waals surface area (Å²) in [5, 5.41) is 10.4. The molecule has 3 rings (SSSR count). The molecule has 0 atom stereocenters.